The molecule has 1 atom stereocenters. The fraction of sp³-hybridized carbons (Fsp3) is 0.250. The Bertz CT molecular complexity index is 945. The number of rotatable bonds is 7. The third kappa shape index (κ3) is 5.37. The van der Waals surface area contributed by atoms with Crippen molar-refractivity contribution in [3.05, 3.63) is 35.3 Å². The predicted octanol–water partition coefficient (Wildman–Crippen LogP) is -0.525. The van der Waals surface area contributed by atoms with Crippen LogP contribution in [0.3, 0.4) is 0 Å². The van der Waals surface area contributed by atoms with Crippen LogP contribution in [0.1, 0.15) is 11.3 Å². The van der Waals surface area contributed by atoms with E-state index in [4.69, 9.17) is 5.14 Å². The van der Waals surface area contributed by atoms with Crippen LogP contribution in [0.15, 0.2) is 32.8 Å². The number of hydrogen-bond acceptors (Lipinski definition) is 8. The molecule has 0 radical (unpaired) electrons. The largest absolute Gasteiger partial charge is 0.290 e. The molecule has 1 aromatic carbocycles. The minimum absolute atomic E-state index is 0.150. The van der Waals surface area contributed by atoms with Gasteiger partial charge in [-0.25, -0.2) is 23.9 Å². The quantitative estimate of drug-likeness (QED) is 0.270. The monoisotopic (exact) mass is 406 g/mol. The fourth-order valence-electron chi connectivity index (χ4n) is 1.81. The predicted molar refractivity (Wildman–Crippen MR) is 88.9 cm³/mol. The van der Waals surface area contributed by atoms with Crippen molar-refractivity contribution in [1.82, 2.24) is 20.5 Å². The number of aromatic nitrogens is 2. The van der Waals surface area contributed by atoms with Gasteiger partial charge in [0.15, 0.2) is 11.5 Å². The van der Waals surface area contributed by atoms with Gasteiger partial charge in [-0.1, -0.05) is 0 Å². The molecular weight excluding hydrogens is 391 g/mol. The van der Waals surface area contributed by atoms with E-state index in [0.29, 0.717) is 5.56 Å². The molecule has 2 rings (SSSR count). The van der Waals surface area contributed by atoms with E-state index in [9.17, 15) is 22.2 Å². The van der Waals surface area contributed by atoms with Crippen molar-refractivity contribution >= 4 is 32.5 Å². The lowest BCUT2D eigenvalue weighted by Crippen LogP contribution is -2.33. The Balaban J connectivity index is 2.24. The van der Waals surface area contributed by atoms with Gasteiger partial charge >= 0.3 is 0 Å². The molecule has 0 aliphatic rings. The molecule has 0 fully saturated rings. The summed E-state index contributed by atoms with van der Waals surface area (Å²) < 4.78 is 53.7. The minimum atomic E-state index is -3.92. The van der Waals surface area contributed by atoms with E-state index in [1.54, 1.807) is 5.48 Å². The molecule has 1 aromatic heterocycles. The normalized spacial score (nSPS) is 13.6. The number of benzene rings is 1. The smallest absolute Gasteiger partial charge is 0.274 e. The maximum Gasteiger partial charge on any atom is 0.274 e. The lowest BCUT2D eigenvalue weighted by molar-refractivity contribution is 0.234. The van der Waals surface area contributed by atoms with Gasteiger partial charge in [-0.3, -0.25) is 14.9 Å². The molecule has 5 N–H and O–H groups in total. The van der Waals surface area contributed by atoms with E-state index in [1.165, 1.54) is 25.1 Å². The number of nitrogens with one attached hydrogen (secondary N) is 2. The van der Waals surface area contributed by atoms with Crippen molar-refractivity contribution in [2.24, 2.45) is 10.1 Å². The number of halogens is 1. The Labute approximate surface area is 150 Å². The zero-order valence-electron chi connectivity index (χ0n) is 13.3. The number of amidine groups is 1. The van der Waals surface area contributed by atoms with Crippen LogP contribution in [-0.4, -0.2) is 46.3 Å². The SMILES string of the molecule is Cc1cc(N=C(NO)c2nonc2S(=O)CCNS(N)(=O)=O)ccc1F. The molecule has 0 aliphatic carbocycles. The van der Waals surface area contributed by atoms with Gasteiger partial charge in [0.25, 0.3) is 10.2 Å². The first-order valence-electron chi connectivity index (χ1n) is 6.95. The van der Waals surface area contributed by atoms with Crippen molar-refractivity contribution in [3.63, 3.8) is 0 Å². The zero-order valence-corrected chi connectivity index (χ0v) is 15.0. The standard InChI is InChI=1S/C12H15FN6O5S2/c1-7-6-8(2-3-9(7)13)16-11(17-20)10-12(19-24-18-10)25(21)5-4-15-26(14,22)23/h2-3,6,15,20H,4-5H2,1H3,(H,16,17)(H2,14,22,23). The number of nitrogens with zero attached hydrogens (tertiary/aromatic N) is 3. The van der Waals surface area contributed by atoms with E-state index in [1.807, 2.05) is 4.72 Å². The van der Waals surface area contributed by atoms with Gasteiger partial charge in [-0.15, -0.1) is 0 Å². The molecule has 2 aromatic rings. The maximum atomic E-state index is 13.3. The third-order valence-electron chi connectivity index (χ3n) is 2.98. The summed E-state index contributed by atoms with van der Waals surface area (Å²) in [5.41, 5.74) is 2.26. The number of nitrogens with two attached hydrogens (primary N) is 1. The van der Waals surface area contributed by atoms with Crippen LogP contribution < -0.4 is 15.3 Å². The molecule has 14 heteroatoms. The third-order valence-corrected chi connectivity index (χ3v) is 4.86. The van der Waals surface area contributed by atoms with Crippen molar-refractivity contribution in [2.75, 3.05) is 12.3 Å². The summed E-state index contributed by atoms with van der Waals surface area (Å²) in [6.07, 6.45) is 0. The first-order chi connectivity index (χ1) is 12.2. The number of aliphatic imine (C=N–C) groups is 1. The summed E-state index contributed by atoms with van der Waals surface area (Å²) in [5.74, 6) is -0.832. The average molecular weight is 406 g/mol. The van der Waals surface area contributed by atoms with Gasteiger partial charge in [0.2, 0.25) is 5.03 Å². The molecule has 142 valence electrons. The van der Waals surface area contributed by atoms with Crippen LogP contribution in [-0.2, 0) is 21.0 Å². The van der Waals surface area contributed by atoms with E-state index in [-0.39, 0.29) is 34.5 Å². The Hall–Kier alpha value is -2.26. The highest BCUT2D eigenvalue weighted by molar-refractivity contribution is 7.87. The molecule has 0 bridgehead atoms. The summed E-state index contributed by atoms with van der Waals surface area (Å²) in [6.45, 7) is 1.32. The lowest BCUT2D eigenvalue weighted by atomic mass is 10.2. The number of hydroxylamine groups is 1. The van der Waals surface area contributed by atoms with E-state index >= 15 is 0 Å². The first-order valence-corrected chi connectivity index (χ1v) is 9.81. The van der Waals surface area contributed by atoms with E-state index in [2.05, 4.69) is 19.9 Å². The van der Waals surface area contributed by atoms with Gasteiger partial charge in [0.1, 0.15) is 5.82 Å². The van der Waals surface area contributed by atoms with Gasteiger partial charge in [0.05, 0.1) is 16.5 Å². The second-order valence-corrected chi connectivity index (χ2v) is 7.78. The lowest BCUT2D eigenvalue weighted by Gasteiger charge is -2.04. The molecule has 1 unspecified atom stereocenters. The number of aryl methyl sites for hydroxylation is 1. The van der Waals surface area contributed by atoms with Gasteiger partial charge < -0.3 is 0 Å². The van der Waals surface area contributed by atoms with Crippen LogP contribution in [0.4, 0.5) is 10.1 Å². The van der Waals surface area contributed by atoms with Crippen molar-refractivity contribution in [2.45, 2.75) is 11.9 Å². The molecule has 0 saturated carbocycles. The van der Waals surface area contributed by atoms with Crippen molar-refractivity contribution < 1.29 is 26.9 Å². The second kappa shape index (κ2) is 8.41. The Morgan fingerprint density at radius 1 is 1.46 bits per heavy atom. The molecule has 0 saturated heterocycles. The summed E-state index contributed by atoms with van der Waals surface area (Å²) in [5, 5.41) is 20.9. The molecule has 0 aliphatic heterocycles. The molecule has 26 heavy (non-hydrogen) atoms. The summed E-state index contributed by atoms with van der Waals surface area (Å²) in [6, 6.07) is 3.98. The topological polar surface area (TPSA) is 173 Å². The Kier molecular flexibility index (Phi) is 6.49. The molecule has 11 nitrogen and oxygen atoms in total. The maximum absolute atomic E-state index is 13.3. The summed E-state index contributed by atoms with van der Waals surface area (Å²) in [4.78, 5) is 4.04. The van der Waals surface area contributed by atoms with Crippen LogP contribution in [0.25, 0.3) is 0 Å². The zero-order chi connectivity index (χ0) is 19.3. The highest BCUT2D eigenvalue weighted by Gasteiger charge is 2.22. The first kappa shape index (κ1) is 20.1. The second-order valence-electron chi connectivity index (χ2n) is 4.91. The summed E-state index contributed by atoms with van der Waals surface area (Å²) >= 11 is 0. The summed E-state index contributed by atoms with van der Waals surface area (Å²) in [7, 11) is -5.75. The highest BCUT2D eigenvalue weighted by atomic mass is 32.2. The van der Waals surface area contributed by atoms with Crippen molar-refractivity contribution in [1.29, 1.82) is 0 Å². The molecule has 1 heterocycles. The van der Waals surface area contributed by atoms with Gasteiger partial charge in [-0.05, 0) is 41.0 Å². The number of hydrogen-bond donors (Lipinski definition) is 4. The Morgan fingerprint density at radius 2 is 2.19 bits per heavy atom. The van der Waals surface area contributed by atoms with Crippen molar-refractivity contribution in [3.8, 4) is 0 Å². The van der Waals surface area contributed by atoms with E-state index < -0.39 is 26.8 Å². The van der Waals surface area contributed by atoms with E-state index in [0.717, 1.165) is 0 Å². The fourth-order valence-corrected chi connectivity index (χ4v) is 3.27. The highest BCUT2D eigenvalue weighted by Crippen LogP contribution is 2.18. The average Bonchev–Trinajstić information content (AvgIpc) is 3.04. The minimum Gasteiger partial charge on any atom is -0.290 e. The van der Waals surface area contributed by atoms with Crippen LogP contribution in [0.5, 0.6) is 0 Å². The van der Waals surface area contributed by atoms with Crippen LogP contribution in [0, 0.1) is 12.7 Å². The Morgan fingerprint density at radius 3 is 2.81 bits per heavy atom. The van der Waals surface area contributed by atoms with Crippen LogP contribution in [0.2, 0.25) is 0 Å². The van der Waals surface area contributed by atoms with Crippen LogP contribution >= 0.6 is 0 Å². The van der Waals surface area contributed by atoms with Gasteiger partial charge in [0, 0.05) is 12.3 Å². The molecule has 0 amide bonds. The van der Waals surface area contributed by atoms with Gasteiger partial charge in [-0.2, -0.15) is 8.42 Å². The molecule has 0 spiro atoms. The molecular formula is C12H15FN6O5S2.